The van der Waals surface area contributed by atoms with Gasteiger partial charge >= 0.3 is 0 Å². The summed E-state index contributed by atoms with van der Waals surface area (Å²) in [7, 11) is 1.56. The molecule has 0 saturated carbocycles. The van der Waals surface area contributed by atoms with Crippen LogP contribution in [0, 0.1) is 11.7 Å². The summed E-state index contributed by atoms with van der Waals surface area (Å²) in [5.41, 5.74) is 2.02. The number of nitrogens with one attached hydrogen (secondary N) is 1. The van der Waals surface area contributed by atoms with Gasteiger partial charge in [-0.05, 0) is 55.6 Å². The molecule has 32 heavy (non-hydrogen) atoms. The molecule has 1 saturated heterocycles. The average molecular weight is 434 g/mol. The molecule has 0 radical (unpaired) electrons. The maximum absolute atomic E-state index is 14.2. The summed E-state index contributed by atoms with van der Waals surface area (Å²) < 4.78 is 19.6. The summed E-state index contributed by atoms with van der Waals surface area (Å²) >= 11 is 0. The quantitative estimate of drug-likeness (QED) is 0.591. The van der Waals surface area contributed by atoms with E-state index in [1.165, 1.54) is 6.07 Å². The minimum atomic E-state index is -0.253. The average Bonchev–Trinajstić information content (AvgIpc) is 2.84. The summed E-state index contributed by atoms with van der Waals surface area (Å²) in [6.07, 6.45) is 3.69. The van der Waals surface area contributed by atoms with E-state index in [-0.39, 0.29) is 23.7 Å². The minimum Gasteiger partial charge on any atom is -0.496 e. The zero-order chi connectivity index (χ0) is 22.3. The summed E-state index contributed by atoms with van der Waals surface area (Å²) in [4.78, 5) is 20.0. The monoisotopic (exact) mass is 433 g/mol. The third-order valence-corrected chi connectivity index (χ3v) is 6.01. The van der Waals surface area contributed by atoms with Crippen LogP contribution in [-0.4, -0.2) is 36.0 Å². The molecule has 1 fully saturated rings. The van der Waals surface area contributed by atoms with E-state index in [4.69, 9.17) is 4.74 Å². The molecule has 1 aliphatic heterocycles. The molecule has 1 aliphatic rings. The Kier molecular flexibility index (Phi) is 7.12. The number of piperidine rings is 1. The number of carbonyl (C=O) groups excluding carboxylic acids is 1. The normalized spacial score (nSPS) is 17.5. The second-order valence-corrected chi connectivity index (χ2v) is 8.13. The Morgan fingerprint density at radius 2 is 1.94 bits per heavy atom. The standard InChI is InChI=1S/C26H28FN3O2/c1-32-24-14-5-3-11-21(24)26(31)29-25(23-13-6-7-15-28-23)20-10-8-16-30(18-20)17-19-9-2-4-12-22(19)27/h2-7,9,11-15,20,25H,8,10,16-18H2,1H3,(H,29,31)/t20-,25+/m1/s1. The molecule has 1 aromatic heterocycles. The predicted octanol–water partition coefficient (Wildman–Crippen LogP) is 4.61. The van der Waals surface area contributed by atoms with E-state index in [0.29, 0.717) is 23.4 Å². The van der Waals surface area contributed by atoms with Gasteiger partial charge in [0.25, 0.3) is 5.91 Å². The lowest BCUT2D eigenvalue weighted by atomic mass is 9.88. The Bertz CT molecular complexity index is 1040. The van der Waals surface area contributed by atoms with Gasteiger partial charge in [-0.2, -0.15) is 0 Å². The van der Waals surface area contributed by atoms with Gasteiger partial charge in [0.15, 0.2) is 0 Å². The third-order valence-electron chi connectivity index (χ3n) is 6.01. The van der Waals surface area contributed by atoms with Gasteiger partial charge in [0.05, 0.1) is 24.4 Å². The van der Waals surface area contributed by atoms with Crippen LogP contribution in [-0.2, 0) is 6.54 Å². The van der Waals surface area contributed by atoms with Crippen molar-refractivity contribution in [1.82, 2.24) is 15.2 Å². The largest absolute Gasteiger partial charge is 0.496 e. The Morgan fingerprint density at radius 1 is 1.16 bits per heavy atom. The highest BCUT2D eigenvalue weighted by molar-refractivity contribution is 5.97. The van der Waals surface area contributed by atoms with Gasteiger partial charge in [-0.1, -0.05) is 36.4 Å². The first-order chi connectivity index (χ1) is 15.7. The Balaban J connectivity index is 1.55. The predicted molar refractivity (Wildman–Crippen MR) is 122 cm³/mol. The van der Waals surface area contributed by atoms with Gasteiger partial charge < -0.3 is 10.1 Å². The number of para-hydroxylation sites is 1. The van der Waals surface area contributed by atoms with E-state index in [0.717, 1.165) is 31.6 Å². The van der Waals surface area contributed by atoms with Crippen LogP contribution < -0.4 is 10.1 Å². The van der Waals surface area contributed by atoms with Crippen LogP contribution in [0.4, 0.5) is 4.39 Å². The van der Waals surface area contributed by atoms with E-state index >= 15 is 0 Å². The highest BCUT2D eigenvalue weighted by Crippen LogP contribution is 2.31. The lowest BCUT2D eigenvalue weighted by molar-refractivity contribution is 0.0871. The zero-order valence-corrected chi connectivity index (χ0v) is 18.2. The molecule has 3 aromatic rings. The van der Waals surface area contributed by atoms with Crippen molar-refractivity contribution >= 4 is 5.91 Å². The van der Waals surface area contributed by atoms with Crippen molar-refractivity contribution in [3.8, 4) is 5.75 Å². The molecule has 2 heterocycles. The maximum Gasteiger partial charge on any atom is 0.255 e. The molecule has 1 amide bonds. The molecule has 2 aromatic carbocycles. The molecule has 5 nitrogen and oxygen atoms in total. The number of hydrogen-bond donors (Lipinski definition) is 1. The molecule has 166 valence electrons. The van der Waals surface area contributed by atoms with Crippen molar-refractivity contribution in [2.24, 2.45) is 5.92 Å². The number of amides is 1. The first kappa shape index (κ1) is 22.0. The van der Waals surface area contributed by atoms with Gasteiger partial charge in [-0.15, -0.1) is 0 Å². The van der Waals surface area contributed by atoms with E-state index < -0.39 is 0 Å². The summed E-state index contributed by atoms with van der Waals surface area (Å²) in [6, 6.07) is 19.6. The number of pyridine rings is 1. The molecular formula is C26H28FN3O2. The Hall–Kier alpha value is -3.25. The first-order valence-electron chi connectivity index (χ1n) is 11.0. The highest BCUT2D eigenvalue weighted by atomic mass is 19.1. The lowest BCUT2D eigenvalue weighted by Gasteiger charge is -2.37. The fraction of sp³-hybridized carbons (Fsp3) is 0.308. The van der Waals surface area contributed by atoms with Crippen molar-refractivity contribution in [2.45, 2.75) is 25.4 Å². The summed E-state index contributed by atoms with van der Waals surface area (Å²) in [6.45, 7) is 2.21. The fourth-order valence-corrected chi connectivity index (χ4v) is 4.42. The number of halogens is 1. The number of nitrogens with zero attached hydrogens (tertiary/aromatic N) is 2. The van der Waals surface area contributed by atoms with E-state index in [1.54, 1.807) is 31.5 Å². The third kappa shape index (κ3) is 5.14. The molecule has 0 unspecified atom stereocenters. The summed E-state index contributed by atoms with van der Waals surface area (Å²) in [5.74, 6) is 0.323. The Labute approximate surface area is 188 Å². The second-order valence-electron chi connectivity index (χ2n) is 8.13. The second kappa shape index (κ2) is 10.4. The van der Waals surface area contributed by atoms with Gasteiger partial charge in [-0.3, -0.25) is 14.7 Å². The van der Waals surface area contributed by atoms with Gasteiger partial charge in [0.2, 0.25) is 0 Å². The number of likely N-dealkylation sites (tertiary alicyclic amines) is 1. The van der Waals surface area contributed by atoms with Crippen LogP contribution in [0.1, 0.15) is 40.5 Å². The topological polar surface area (TPSA) is 54.5 Å². The van der Waals surface area contributed by atoms with Crippen molar-refractivity contribution in [2.75, 3.05) is 20.2 Å². The van der Waals surface area contributed by atoms with Crippen molar-refractivity contribution in [1.29, 1.82) is 0 Å². The minimum absolute atomic E-state index is 0.157. The van der Waals surface area contributed by atoms with E-state index in [9.17, 15) is 9.18 Å². The van der Waals surface area contributed by atoms with Crippen LogP contribution in [0.5, 0.6) is 5.75 Å². The van der Waals surface area contributed by atoms with Crippen LogP contribution in [0.3, 0.4) is 0 Å². The molecule has 4 rings (SSSR count). The van der Waals surface area contributed by atoms with Crippen LogP contribution in [0.15, 0.2) is 72.9 Å². The first-order valence-corrected chi connectivity index (χ1v) is 11.0. The molecule has 6 heteroatoms. The van der Waals surface area contributed by atoms with Crippen LogP contribution in [0.25, 0.3) is 0 Å². The van der Waals surface area contributed by atoms with E-state index in [2.05, 4.69) is 15.2 Å². The fourth-order valence-electron chi connectivity index (χ4n) is 4.42. The van der Waals surface area contributed by atoms with Crippen molar-refractivity contribution < 1.29 is 13.9 Å². The SMILES string of the molecule is COc1ccccc1C(=O)N[C@H](c1ccccn1)[C@@H]1CCCN(Cc2ccccc2F)C1. The molecular weight excluding hydrogens is 405 g/mol. The van der Waals surface area contributed by atoms with E-state index in [1.807, 2.05) is 42.5 Å². The molecule has 0 aliphatic carbocycles. The number of aromatic nitrogens is 1. The van der Waals surface area contributed by atoms with Gasteiger partial charge in [0, 0.05) is 24.8 Å². The number of hydrogen-bond acceptors (Lipinski definition) is 4. The van der Waals surface area contributed by atoms with Crippen molar-refractivity contribution in [3.05, 3.63) is 95.6 Å². The number of carbonyl (C=O) groups is 1. The number of benzene rings is 2. The number of rotatable bonds is 7. The smallest absolute Gasteiger partial charge is 0.255 e. The number of methoxy groups -OCH3 is 1. The van der Waals surface area contributed by atoms with Crippen LogP contribution >= 0.6 is 0 Å². The molecule has 0 spiro atoms. The van der Waals surface area contributed by atoms with Gasteiger partial charge in [0.1, 0.15) is 11.6 Å². The molecule has 2 atom stereocenters. The zero-order valence-electron chi connectivity index (χ0n) is 18.2. The number of ether oxygens (including phenoxy) is 1. The lowest BCUT2D eigenvalue weighted by Crippen LogP contribution is -2.43. The molecule has 0 bridgehead atoms. The highest BCUT2D eigenvalue weighted by Gasteiger charge is 2.31. The van der Waals surface area contributed by atoms with Crippen LogP contribution in [0.2, 0.25) is 0 Å². The molecule has 1 N–H and O–H groups in total. The van der Waals surface area contributed by atoms with Gasteiger partial charge in [-0.25, -0.2) is 4.39 Å². The maximum atomic E-state index is 14.2. The Morgan fingerprint density at radius 3 is 2.72 bits per heavy atom. The summed E-state index contributed by atoms with van der Waals surface area (Å²) in [5, 5.41) is 3.21. The van der Waals surface area contributed by atoms with Crippen molar-refractivity contribution in [3.63, 3.8) is 0 Å².